The molecule has 0 saturated carbocycles. The van der Waals surface area contributed by atoms with E-state index in [0.29, 0.717) is 36.0 Å². The lowest BCUT2D eigenvalue weighted by Crippen LogP contribution is -2.16. The molecule has 8 heteroatoms. The van der Waals surface area contributed by atoms with Crippen LogP contribution < -0.4 is 20.5 Å². The Morgan fingerprint density at radius 2 is 1.81 bits per heavy atom. The molecule has 0 fully saturated rings. The highest BCUT2D eigenvalue weighted by atomic mass is 19.4. The molecule has 26 heavy (non-hydrogen) atoms. The van der Waals surface area contributed by atoms with E-state index in [2.05, 4.69) is 5.32 Å². The summed E-state index contributed by atoms with van der Waals surface area (Å²) in [5, 5.41) is 2.64. The van der Waals surface area contributed by atoms with Gasteiger partial charge in [0, 0.05) is 23.5 Å². The third-order valence-corrected chi connectivity index (χ3v) is 3.62. The zero-order valence-electron chi connectivity index (χ0n) is 13.5. The molecular formula is C18H15F3N2O3. The number of nitrogen functional groups attached to an aromatic ring is 1. The number of alkyl halides is 3. The highest BCUT2D eigenvalue weighted by Gasteiger charge is 2.32. The van der Waals surface area contributed by atoms with Gasteiger partial charge in [0.2, 0.25) is 5.91 Å². The molecule has 1 heterocycles. The van der Waals surface area contributed by atoms with Crippen LogP contribution in [-0.2, 0) is 11.0 Å². The molecule has 1 aliphatic heterocycles. The quantitative estimate of drug-likeness (QED) is 0.643. The Labute approximate surface area is 147 Å². The van der Waals surface area contributed by atoms with Gasteiger partial charge in [0.05, 0.1) is 5.56 Å². The number of nitrogens with one attached hydrogen (secondary N) is 1. The molecule has 3 rings (SSSR count). The number of anilines is 2. The average Bonchev–Trinajstić information content (AvgIpc) is 2.59. The largest absolute Gasteiger partial charge is 0.486 e. The Kier molecular flexibility index (Phi) is 4.75. The maximum Gasteiger partial charge on any atom is 0.418 e. The van der Waals surface area contributed by atoms with Gasteiger partial charge in [-0.25, -0.2) is 0 Å². The number of carbonyl (C=O) groups excluding carboxylic acids is 1. The summed E-state index contributed by atoms with van der Waals surface area (Å²) < 4.78 is 48.8. The third-order valence-electron chi connectivity index (χ3n) is 3.62. The summed E-state index contributed by atoms with van der Waals surface area (Å²) in [6, 6.07) is 8.27. The summed E-state index contributed by atoms with van der Waals surface area (Å²) in [4.78, 5) is 12.0. The highest BCUT2D eigenvalue weighted by Crippen LogP contribution is 2.34. The van der Waals surface area contributed by atoms with Crippen molar-refractivity contribution in [3.8, 4) is 11.5 Å². The summed E-state index contributed by atoms with van der Waals surface area (Å²) in [6.07, 6.45) is -1.93. The molecule has 0 atom stereocenters. The first-order chi connectivity index (χ1) is 12.3. The van der Waals surface area contributed by atoms with Gasteiger partial charge in [-0.3, -0.25) is 4.79 Å². The van der Waals surface area contributed by atoms with Crippen LogP contribution in [0.25, 0.3) is 6.08 Å². The highest BCUT2D eigenvalue weighted by molar-refractivity contribution is 6.02. The molecule has 1 amide bonds. The fourth-order valence-corrected chi connectivity index (χ4v) is 2.42. The molecule has 2 aromatic carbocycles. The van der Waals surface area contributed by atoms with Crippen LogP contribution in [-0.4, -0.2) is 19.1 Å². The van der Waals surface area contributed by atoms with Gasteiger partial charge in [-0.05, 0) is 35.9 Å². The van der Waals surface area contributed by atoms with Crippen molar-refractivity contribution >= 4 is 23.4 Å². The second-order valence-corrected chi connectivity index (χ2v) is 5.53. The second kappa shape index (κ2) is 6.99. The molecule has 0 aromatic heterocycles. The smallest absolute Gasteiger partial charge is 0.418 e. The Bertz CT molecular complexity index is 863. The minimum Gasteiger partial charge on any atom is -0.486 e. The summed E-state index contributed by atoms with van der Waals surface area (Å²) >= 11 is 0. The van der Waals surface area contributed by atoms with E-state index in [9.17, 15) is 18.0 Å². The maximum absolute atomic E-state index is 12.7. The first kappa shape index (κ1) is 17.7. The number of amides is 1. The average molecular weight is 364 g/mol. The summed E-state index contributed by atoms with van der Waals surface area (Å²) in [5.41, 5.74) is 5.01. The number of ether oxygens (including phenoxy) is 2. The van der Waals surface area contributed by atoms with Gasteiger partial charge < -0.3 is 20.5 Å². The lowest BCUT2D eigenvalue weighted by atomic mass is 10.1. The molecule has 0 spiro atoms. The van der Waals surface area contributed by atoms with E-state index in [0.717, 1.165) is 12.1 Å². The summed E-state index contributed by atoms with van der Waals surface area (Å²) in [7, 11) is 0. The fraction of sp³-hybridized carbons (Fsp3) is 0.167. The van der Waals surface area contributed by atoms with Gasteiger partial charge in [0.1, 0.15) is 13.2 Å². The normalized spacial score (nSPS) is 13.7. The third kappa shape index (κ3) is 4.08. The lowest BCUT2D eigenvalue weighted by molar-refractivity contribution is -0.136. The van der Waals surface area contributed by atoms with Gasteiger partial charge in [-0.2, -0.15) is 13.2 Å². The van der Waals surface area contributed by atoms with Gasteiger partial charge in [-0.1, -0.05) is 6.07 Å². The Hall–Kier alpha value is -3.16. The van der Waals surface area contributed by atoms with E-state index in [1.165, 1.54) is 18.2 Å². The van der Waals surface area contributed by atoms with Crippen molar-refractivity contribution in [2.45, 2.75) is 6.18 Å². The van der Waals surface area contributed by atoms with E-state index in [1.807, 2.05) is 0 Å². The van der Waals surface area contributed by atoms with E-state index in [4.69, 9.17) is 15.2 Å². The van der Waals surface area contributed by atoms with Crippen molar-refractivity contribution in [3.05, 3.63) is 53.6 Å². The molecular weight excluding hydrogens is 349 g/mol. The number of benzene rings is 2. The standard InChI is InChI=1S/C18H15F3N2O3/c19-18(20,21)13-4-1-11(9-14(13)22)2-6-17(24)23-12-3-5-15-16(10-12)26-8-7-25-15/h1-6,9-10H,7-8,22H2,(H,23,24)/b6-2+. The number of hydrogen-bond acceptors (Lipinski definition) is 4. The minimum absolute atomic E-state index is 0.382. The zero-order chi connectivity index (χ0) is 18.7. The monoisotopic (exact) mass is 364 g/mol. The van der Waals surface area contributed by atoms with Gasteiger partial charge in [-0.15, -0.1) is 0 Å². The topological polar surface area (TPSA) is 73.6 Å². The van der Waals surface area contributed by atoms with E-state index in [1.54, 1.807) is 18.2 Å². The Morgan fingerprint density at radius 3 is 2.50 bits per heavy atom. The van der Waals surface area contributed by atoms with Crippen molar-refractivity contribution in [2.24, 2.45) is 0 Å². The van der Waals surface area contributed by atoms with Crippen molar-refractivity contribution in [1.29, 1.82) is 0 Å². The molecule has 0 unspecified atom stereocenters. The number of nitrogens with two attached hydrogens (primary N) is 1. The van der Waals surface area contributed by atoms with Gasteiger partial charge in [0.25, 0.3) is 0 Å². The number of halogens is 3. The van der Waals surface area contributed by atoms with Gasteiger partial charge in [0.15, 0.2) is 11.5 Å². The number of hydrogen-bond donors (Lipinski definition) is 2. The molecule has 3 N–H and O–H groups in total. The molecule has 136 valence electrons. The van der Waals surface area contributed by atoms with Crippen LogP contribution in [0.1, 0.15) is 11.1 Å². The molecule has 0 radical (unpaired) electrons. The maximum atomic E-state index is 12.7. The van der Waals surface area contributed by atoms with Crippen LogP contribution >= 0.6 is 0 Å². The number of fused-ring (bicyclic) bond motifs is 1. The Morgan fingerprint density at radius 1 is 1.08 bits per heavy atom. The SMILES string of the molecule is Nc1cc(/C=C/C(=O)Nc2ccc3c(c2)OCCO3)ccc1C(F)(F)F. The molecule has 5 nitrogen and oxygen atoms in total. The number of carbonyl (C=O) groups is 1. The van der Waals surface area contributed by atoms with E-state index < -0.39 is 23.3 Å². The number of rotatable bonds is 3. The van der Waals surface area contributed by atoms with Crippen molar-refractivity contribution < 1.29 is 27.4 Å². The predicted molar refractivity (Wildman–Crippen MR) is 91.0 cm³/mol. The first-order valence-electron chi connectivity index (χ1n) is 7.68. The minimum atomic E-state index is -4.51. The second-order valence-electron chi connectivity index (χ2n) is 5.53. The van der Waals surface area contributed by atoms with Crippen LogP contribution in [0.5, 0.6) is 11.5 Å². The predicted octanol–water partition coefficient (Wildman–Crippen LogP) is 3.71. The van der Waals surface area contributed by atoms with Crippen molar-refractivity contribution in [2.75, 3.05) is 24.3 Å². The van der Waals surface area contributed by atoms with Crippen LogP contribution in [0, 0.1) is 0 Å². The summed E-state index contributed by atoms with van der Waals surface area (Å²) in [5.74, 6) is 0.693. The van der Waals surface area contributed by atoms with Crippen LogP contribution in [0.15, 0.2) is 42.5 Å². The van der Waals surface area contributed by atoms with Crippen LogP contribution in [0.4, 0.5) is 24.5 Å². The van der Waals surface area contributed by atoms with E-state index >= 15 is 0 Å². The first-order valence-corrected chi connectivity index (χ1v) is 7.68. The summed E-state index contributed by atoms with van der Waals surface area (Å²) in [6.45, 7) is 0.900. The van der Waals surface area contributed by atoms with Gasteiger partial charge >= 0.3 is 6.18 Å². The Balaban J connectivity index is 1.67. The lowest BCUT2D eigenvalue weighted by Gasteiger charge is -2.18. The molecule has 0 aliphatic carbocycles. The molecule has 0 saturated heterocycles. The van der Waals surface area contributed by atoms with E-state index in [-0.39, 0.29) is 0 Å². The van der Waals surface area contributed by atoms with Crippen molar-refractivity contribution in [1.82, 2.24) is 0 Å². The van der Waals surface area contributed by atoms with Crippen LogP contribution in [0.2, 0.25) is 0 Å². The molecule has 2 aromatic rings. The molecule has 0 bridgehead atoms. The fourth-order valence-electron chi connectivity index (χ4n) is 2.42. The van der Waals surface area contributed by atoms with Crippen LogP contribution in [0.3, 0.4) is 0 Å². The van der Waals surface area contributed by atoms with Crippen molar-refractivity contribution in [3.63, 3.8) is 0 Å². The molecule has 1 aliphatic rings. The zero-order valence-corrected chi connectivity index (χ0v) is 13.5.